The minimum absolute atomic E-state index is 0.259. The lowest BCUT2D eigenvalue weighted by molar-refractivity contribution is -0.216. The predicted molar refractivity (Wildman–Crippen MR) is 55.7 cm³/mol. The van der Waals surface area contributed by atoms with E-state index < -0.39 is 12.3 Å². The van der Waals surface area contributed by atoms with E-state index in [1.54, 1.807) is 4.90 Å². The van der Waals surface area contributed by atoms with Gasteiger partial charge in [0.2, 0.25) is 0 Å². The largest absolute Gasteiger partial charge is 0.415 e. The number of nitrogens with zero attached hydrogens (tertiary/aromatic N) is 1. The van der Waals surface area contributed by atoms with Crippen LogP contribution in [0, 0.1) is 0 Å². The second-order valence-corrected chi connectivity index (χ2v) is 4.99. The molecule has 6 heteroatoms. The average molecular weight is 253 g/mol. The summed E-state index contributed by atoms with van der Waals surface area (Å²) in [6, 6.07) is 0. The third-order valence-corrected chi connectivity index (χ3v) is 3.85. The number of ether oxygens (including phenoxy) is 1. The monoisotopic (exact) mass is 253 g/mol. The molecule has 3 nitrogen and oxygen atoms in total. The summed E-state index contributed by atoms with van der Waals surface area (Å²) in [5.74, 6) is 0. The Bertz CT molecular complexity index is 264. The number of aliphatic hydroxyl groups excluding tert-OH is 1. The summed E-state index contributed by atoms with van der Waals surface area (Å²) in [7, 11) is 0. The molecule has 1 aliphatic carbocycles. The van der Waals surface area contributed by atoms with E-state index in [9.17, 15) is 18.3 Å². The van der Waals surface area contributed by atoms with Crippen LogP contribution in [0.4, 0.5) is 13.2 Å². The maximum atomic E-state index is 12.4. The molecule has 0 unspecified atom stereocenters. The fourth-order valence-corrected chi connectivity index (χ4v) is 2.86. The molecule has 2 fully saturated rings. The normalized spacial score (nSPS) is 27.5. The minimum Gasteiger partial charge on any atom is -0.382 e. The first-order valence-electron chi connectivity index (χ1n) is 6.02. The van der Waals surface area contributed by atoms with E-state index in [0.29, 0.717) is 19.8 Å². The SMILES string of the molecule is O[C@@H](CN1CCOCC12CCCC2)C(F)(F)F. The van der Waals surface area contributed by atoms with Gasteiger partial charge in [0, 0.05) is 18.6 Å². The number of rotatable bonds is 2. The molecule has 1 saturated heterocycles. The van der Waals surface area contributed by atoms with Gasteiger partial charge >= 0.3 is 6.18 Å². The fraction of sp³-hybridized carbons (Fsp3) is 1.00. The van der Waals surface area contributed by atoms with Crippen LogP contribution in [0.25, 0.3) is 0 Å². The smallest absolute Gasteiger partial charge is 0.382 e. The quantitative estimate of drug-likeness (QED) is 0.810. The maximum absolute atomic E-state index is 12.4. The molecule has 2 rings (SSSR count). The molecule has 1 aliphatic heterocycles. The molecular weight excluding hydrogens is 235 g/mol. The molecule has 0 aromatic carbocycles. The molecule has 17 heavy (non-hydrogen) atoms. The summed E-state index contributed by atoms with van der Waals surface area (Å²) in [6.45, 7) is 1.10. The van der Waals surface area contributed by atoms with Crippen molar-refractivity contribution in [3.8, 4) is 0 Å². The Labute approximate surface area is 98.5 Å². The average Bonchev–Trinajstić information content (AvgIpc) is 2.70. The van der Waals surface area contributed by atoms with E-state index in [4.69, 9.17) is 4.74 Å². The van der Waals surface area contributed by atoms with Crippen molar-refractivity contribution in [2.75, 3.05) is 26.3 Å². The lowest BCUT2D eigenvalue weighted by Crippen LogP contribution is -2.58. The van der Waals surface area contributed by atoms with Crippen molar-refractivity contribution in [1.29, 1.82) is 0 Å². The van der Waals surface area contributed by atoms with Crippen molar-refractivity contribution >= 4 is 0 Å². The molecule has 100 valence electrons. The standard InChI is InChI=1S/C11H18F3NO2/c12-11(13,14)9(16)7-15-5-6-17-8-10(15)3-1-2-4-10/h9,16H,1-8H2/t9-/m0/s1. The summed E-state index contributed by atoms with van der Waals surface area (Å²) in [4.78, 5) is 1.78. The highest BCUT2D eigenvalue weighted by Gasteiger charge is 2.46. The van der Waals surface area contributed by atoms with Gasteiger partial charge in [0.1, 0.15) is 0 Å². The third-order valence-electron chi connectivity index (χ3n) is 3.85. The number of morpholine rings is 1. The molecule has 1 atom stereocenters. The number of halogens is 3. The summed E-state index contributed by atoms with van der Waals surface area (Å²) in [5, 5.41) is 9.17. The number of β-amino-alcohol motifs (C(OH)–C–C–N with tert-alkyl or cyclic N) is 1. The lowest BCUT2D eigenvalue weighted by Gasteiger charge is -2.45. The number of alkyl halides is 3. The summed E-state index contributed by atoms with van der Waals surface area (Å²) in [6.07, 6.45) is -2.98. The molecule has 2 aliphatic rings. The van der Waals surface area contributed by atoms with E-state index in [1.165, 1.54) is 0 Å². The van der Waals surface area contributed by atoms with Crippen LogP contribution in [-0.4, -0.2) is 54.1 Å². The summed E-state index contributed by atoms with van der Waals surface area (Å²) in [5.41, 5.74) is -0.259. The highest BCUT2D eigenvalue weighted by molar-refractivity contribution is 4.97. The molecule has 1 saturated carbocycles. The van der Waals surface area contributed by atoms with Gasteiger partial charge in [-0.25, -0.2) is 0 Å². The molecule has 1 heterocycles. The first-order valence-corrected chi connectivity index (χ1v) is 6.02. The van der Waals surface area contributed by atoms with Crippen molar-refractivity contribution in [3.05, 3.63) is 0 Å². The Kier molecular flexibility index (Phi) is 3.66. The summed E-state index contributed by atoms with van der Waals surface area (Å²) >= 11 is 0. The molecule has 0 aromatic heterocycles. The Morgan fingerprint density at radius 2 is 1.94 bits per heavy atom. The van der Waals surface area contributed by atoms with Gasteiger partial charge in [-0.2, -0.15) is 13.2 Å². The first kappa shape index (κ1) is 13.1. The van der Waals surface area contributed by atoms with Crippen molar-refractivity contribution < 1.29 is 23.0 Å². The molecule has 1 spiro atoms. The minimum atomic E-state index is -4.53. The van der Waals surface area contributed by atoms with Crippen molar-refractivity contribution in [3.63, 3.8) is 0 Å². The molecule has 0 bridgehead atoms. The molecular formula is C11H18F3NO2. The van der Waals surface area contributed by atoms with Gasteiger partial charge in [-0.05, 0) is 12.8 Å². The van der Waals surface area contributed by atoms with E-state index in [2.05, 4.69) is 0 Å². The van der Waals surface area contributed by atoms with E-state index in [0.717, 1.165) is 25.7 Å². The summed E-state index contributed by atoms with van der Waals surface area (Å²) < 4.78 is 42.5. The molecule has 0 aromatic rings. The van der Waals surface area contributed by atoms with Crippen LogP contribution in [0.3, 0.4) is 0 Å². The topological polar surface area (TPSA) is 32.7 Å². The molecule has 0 amide bonds. The van der Waals surface area contributed by atoms with Crippen LogP contribution in [0.2, 0.25) is 0 Å². The Morgan fingerprint density at radius 1 is 1.29 bits per heavy atom. The third kappa shape index (κ3) is 2.74. The molecule has 0 radical (unpaired) electrons. The van der Waals surface area contributed by atoms with Crippen molar-refractivity contribution in [2.24, 2.45) is 0 Å². The van der Waals surface area contributed by atoms with Gasteiger partial charge in [0.05, 0.1) is 13.2 Å². The zero-order valence-corrected chi connectivity index (χ0v) is 9.67. The van der Waals surface area contributed by atoms with E-state index in [1.807, 2.05) is 0 Å². The zero-order chi connectivity index (χ0) is 12.5. The van der Waals surface area contributed by atoms with Crippen LogP contribution in [0.5, 0.6) is 0 Å². The van der Waals surface area contributed by atoms with Crippen molar-refractivity contribution in [2.45, 2.75) is 43.5 Å². The van der Waals surface area contributed by atoms with Gasteiger partial charge in [0.25, 0.3) is 0 Å². The highest BCUT2D eigenvalue weighted by Crippen LogP contribution is 2.38. The fourth-order valence-electron chi connectivity index (χ4n) is 2.86. The Morgan fingerprint density at radius 3 is 2.53 bits per heavy atom. The number of hydrogen-bond acceptors (Lipinski definition) is 3. The second-order valence-electron chi connectivity index (χ2n) is 4.99. The van der Waals surface area contributed by atoms with Gasteiger partial charge in [-0.1, -0.05) is 12.8 Å². The van der Waals surface area contributed by atoms with Crippen LogP contribution in [0.15, 0.2) is 0 Å². The highest BCUT2D eigenvalue weighted by atomic mass is 19.4. The van der Waals surface area contributed by atoms with Crippen molar-refractivity contribution in [1.82, 2.24) is 4.90 Å². The number of aliphatic hydroxyl groups is 1. The van der Waals surface area contributed by atoms with E-state index in [-0.39, 0.29) is 12.1 Å². The Balaban J connectivity index is 2.02. The Hall–Kier alpha value is -0.330. The van der Waals surface area contributed by atoms with Gasteiger partial charge in [-0.3, -0.25) is 4.90 Å². The van der Waals surface area contributed by atoms with Crippen LogP contribution < -0.4 is 0 Å². The van der Waals surface area contributed by atoms with E-state index >= 15 is 0 Å². The molecule has 1 N–H and O–H groups in total. The maximum Gasteiger partial charge on any atom is 0.415 e. The first-order chi connectivity index (χ1) is 7.94. The zero-order valence-electron chi connectivity index (χ0n) is 9.67. The van der Waals surface area contributed by atoms with Crippen LogP contribution >= 0.6 is 0 Å². The second kappa shape index (κ2) is 4.74. The predicted octanol–water partition coefficient (Wildman–Crippen LogP) is 1.55. The van der Waals surface area contributed by atoms with Crippen LogP contribution in [0.1, 0.15) is 25.7 Å². The number of hydrogen-bond donors (Lipinski definition) is 1. The van der Waals surface area contributed by atoms with Gasteiger partial charge in [-0.15, -0.1) is 0 Å². The van der Waals surface area contributed by atoms with Gasteiger partial charge < -0.3 is 9.84 Å². The lowest BCUT2D eigenvalue weighted by atomic mass is 9.94. The van der Waals surface area contributed by atoms with Crippen LogP contribution in [-0.2, 0) is 4.74 Å². The van der Waals surface area contributed by atoms with Gasteiger partial charge in [0.15, 0.2) is 6.10 Å².